The second-order valence-electron chi connectivity index (χ2n) is 6.05. The minimum Gasteiger partial charge on any atom is -0.383 e. The van der Waals surface area contributed by atoms with Gasteiger partial charge in [0.25, 0.3) is 0 Å². The monoisotopic (exact) mass is 250 g/mol. The molecule has 1 saturated carbocycles. The molecule has 3 heteroatoms. The second kappa shape index (κ2) is 5.87. The van der Waals surface area contributed by atoms with E-state index in [4.69, 9.17) is 0 Å². The Bertz CT molecular complexity index is 335. The van der Waals surface area contributed by atoms with Gasteiger partial charge in [-0.15, -0.1) is 0 Å². The number of hydrogen-bond acceptors (Lipinski definition) is 3. The molecule has 2 fully saturated rings. The van der Waals surface area contributed by atoms with Crippen LogP contribution in [0.15, 0.2) is 11.8 Å². The van der Waals surface area contributed by atoms with Crippen LogP contribution in [0.4, 0.5) is 0 Å². The van der Waals surface area contributed by atoms with Gasteiger partial charge in [-0.1, -0.05) is 13.3 Å². The minimum absolute atomic E-state index is 0.362. The lowest BCUT2D eigenvalue weighted by Crippen LogP contribution is -2.50. The molecule has 0 bridgehead atoms. The maximum absolute atomic E-state index is 12.1. The Hall–Kier alpha value is -0.830. The summed E-state index contributed by atoms with van der Waals surface area (Å²) in [5.74, 6) is 0.936. The zero-order valence-corrected chi connectivity index (χ0v) is 11.9. The standard InChI is InChI=1S/C15H26N2O/c1-4-5-13-7-6-11-9-15(18)12(10-17(2)3)8-14(11)16-13/h10-11,13-14,16H,4-9H2,1-3H3/b12-10+. The molecule has 1 aliphatic carbocycles. The average Bonchev–Trinajstić information content (AvgIpc) is 2.30. The Kier molecular flexibility index (Phi) is 4.44. The van der Waals surface area contributed by atoms with E-state index in [1.165, 1.54) is 25.7 Å². The van der Waals surface area contributed by atoms with Crippen LogP contribution >= 0.6 is 0 Å². The van der Waals surface area contributed by atoms with Crippen molar-refractivity contribution in [2.24, 2.45) is 5.92 Å². The Morgan fingerprint density at radius 1 is 1.33 bits per heavy atom. The maximum Gasteiger partial charge on any atom is 0.160 e. The van der Waals surface area contributed by atoms with Gasteiger partial charge in [0.15, 0.2) is 5.78 Å². The van der Waals surface area contributed by atoms with E-state index < -0.39 is 0 Å². The summed E-state index contributed by atoms with van der Waals surface area (Å²) in [5, 5.41) is 3.77. The van der Waals surface area contributed by atoms with Crippen LogP contribution in [0.5, 0.6) is 0 Å². The van der Waals surface area contributed by atoms with Gasteiger partial charge in [-0.2, -0.15) is 0 Å². The first kappa shape index (κ1) is 13.6. The number of rotatable bonds is 3. The minimum atomic E-state index is 0.362. The summed E-state index contributed by atoms with van der Waals surface area (Å²) < 4.78 is 0. The lowest BCUT2D eigenvalue weighted by Gasteiger charge is -2.41. The normalized spacial score (nSPS) is 34.5. The summed E-state index contributed by atoms with van der Waals surface area (Å²) in [6.07, 6.45) is 8.65. The number of fused-ring (bicyclic) bond motifs is 1. The maximum atomic E-state index is 12.1. The third kappa shape index (κ3) is 3.14. The molecule has 1 N–H and O–H groups in total. The molecule has 1 aliphatic heterocycles. The topological polar surface area (TPSA) is 32.3 Å². The molecule has 0 amide bonds. The summed E-state index contributed by atoms with van der Waals surface area (Å²) >= 11 is 0. The van der Waals surface area contributed by atoms with E-state index in [9.17, 15) is 4.79 Å². The van der Waals surface area contributed by atoms with E-state index in [0.29, 0.717) is 23.8 Å². The zero-order valence-electron chi connectivity index (χ0n) is 11.9. The van der Waals surface area contributed by atoms with Gasteiger partial charge < -0.3 is 10.2 Å². The molecule has 0 aromatic carbocycles. The van der Waals surface area contributed by atoms with Crippen LogP contribution in [0.25, 0.3) is 0 Å². The predicted octanol–water partition coefficient (Wildman–Crippen LogP) is 2.33. The molecular formula is C15H26N2O. The number of nitrogens with one attached hydrogen (secondary N) is 1. The molecule has 1 heterocycles. The van der Waals surface area contributed by atoms with Crippen molar-refractivity contribution in [3.05, 3.63) is 11.8 Å². The highest BCUT2D eigenvalue weighted by molar-refractivity contribution is 5.96. The van der Waals surface area contributed by atoms with E-state index in [2.05, 4.69) is 12.2 Å². The van der Waals surface area contributed by atoms with Crippen LogP contribution in [-0.4, -0.2) is 36.9 Å². The molecular weight excluding hydrogens is 224 g/mol. The summed E-state index contributed by atoms with van der Waals surface area (Å²) in [7, 11) is 3.97. The number of hydrogen-bond donors (Lipinski definition) is 1. The molecule has 2 rings (SSSR count). The smallest absolute Gasteiger partial charge is 0.160 e. The molecule has 0 aromatic heterocycles. The zero-order chi connectivity index (χ0) is 13.1. The van der Waals surface area contributed by atoms with Gasteiger partial charge in [0.2, 0.25) is 0 Å². The summed E-state index contributed by atoms with van der Waals surface area (Å²) in [6.45, 7) is 2.25. The quantitative estimate of drug-likeness (QED) is 0.780. The molecule has 2 aliphatic rings. The highest BCUT2D eigenvalue weighted by atomic mass is 16.1. The van der Waals surface area contributed by atoms with Crippen molar-refractivity contribution in [1.82, 2.24) is 10.2 Å². The lowest BCUT2D eigenvalue weighted by atomic mass is 9.75. The predicted molar refractivity (Wildman–Crippen MR) is 74.4 cm³/mol. The highest BCUT2D eigenvalue weighted by Crippen LogP contribution is 2.34. The molecule has 18 heavy (non-hydrogen) atoms. The van der Waals surface area contributed by atoms with Crippen molar-refractivity contribution in [2.45, 2.75) is 57.5 Å². The Labute approximate surface area is 111 Å². The summed E-state index contributed by atoms with van der Waals surface area (Å²) in [5.41, 5.74) is 1.01. The Morgan fingerprint density at radius 3 is 2.78 bits per heavy atom. The van der Waals surface area contributed by atoms with Crippen molar-refractivity contribution in [1.29, 1.82) is 0 Å². The van der Waals surface area contributed by atoms with Gasteiger partial charge in [0, 0.05) is 44.4 Å². The lowest BCUT2D eigenvalue weighted by molar-refractivity contribution is -0.118. The molecule has 102 valence electrons. The first-order chi connectivity index (χ1) is 8.60. The summed E-state index contributed by atoms with van der Waals surface area (Å²) in [4.78, 5) is 14.1. The van der Waals surface area contributed by atoms with Crippen LogP contribution < -0.4 is 5.32 Å². The number of carbonyl (C=O) groups is 1. The Balaban J connectivity index is 2.01. The highest BCUT2D eigenvalue weighted by Gasteiger charge is 2.36. The van der Waals surface area contributed by atoms with E-state index >= 15 is 0 Å². The fourth-order valence-corrected chi connectivity index (χ4v) is 3.34. The van der Waals surface area contributed by atoms with Gasteiger partial charge in [-0.25, -0.2) is 0 Å². The third-order valence-corrected chi connectivity index (χ3v) is 4.20. The van der Waals surface area contributed by atoms with Crippen molar-refractivity contribution in [2.75, 3.05) is 14.1 Å². The van der Waals surface area contributed by atoms with Gasteiger partial charge in [-0.05, 0) is 31.6 Å². The molecule has 3 nitrogen and oxygen atoms in total. The number of carbonyl (C=O) groups excluding carboxylic acids is 1. The molecule has 0 radical (unpaired) electrons. The first-order valence-corrected chi connectivity index (χ1v) is 7.26. The van der Waals surface area contributed by atoms with Crippen molar-refractivity contribution >= 4 is 5.78 Å². The number of nitrogens with zero attached hydrogens (tertiary/aromatic N) is 1. The van der Waals surface area contributed by atoms with Crippen LogP contribution in [0.1, 0.15) is 45.4 Å². The van der Waals surface area contributed by atoms with Crippen LogP contribution in [-0.2, 0) is 4.79 Å². The SMILES string of the molecule is CCCC1CCC2CC(=O)/C(=C/N(C)C)CC2N1. The summed E-state index contributed by atoms with van der Waals surface area (Å²) in [6, 6.07) is 1.20. The van der Waals surface area contributed by atoms with Gasteiger partial charge in [0.1, 0.15) is 0 Å². The van der Waals surface area contributed by atoms with E-state index in [1.54, 1.807) is 0 Å². The molecule has 0 spiro atoms. The van der Waals surface area contributed by atoms with Gasteiger partial charge in [0.05, 0.1) is 0 Å². The number of Topliss-reactive ketones (excluding diaryl/α,β-unsaturated/α-hetero) is 1. The van der Waals surface area contributed by atoms with Gasteiger partial charge in [-0.3, -0.25) is 4.79 Å². The average molecular weight is 250 g/mol. The molecule has 1 saturated heterocycles. The van der Waals surface area contributed by atoms with Crippen molar-refractivity contribution in [3.63, 3.8) is 0 Å². The van der Waals surface area contributed by atoms with Gasteiger partial charge >= 0.3 is 0 Å². The van der Waals surface area contributed by atoms with Crippen LogP contribution in [0, 0.1) is 5.92 Å². The van der Waals surface area contributed by atoms with Crippen molar-refractivity contribution < 1.29 is 4.79 Å². The fourth-order valence-electron chi connectivity index (χ4n) is 3.34. The van der Waals surface area contributed by atoms with E-state index in [1.807, 2.05) is 25.2 Å². The largest absolute Gasteiger partial charge is 0.383 e. The number of piperidine rings is 1. The number of ketones is 1. The molecule has 3 atom stereocenters. The second-order valence-corrected chi connectivity index (χ2v) is 6.05. The van der Waals surface area contributed by atoms with Crippen LogP contribution in [0.2, 0.25) is 0 Å². The first-order valence-electron chi connectivity index (χ1n) is 7.26. The van der Waals surface area contributed by atoms with E-state index in [0.717, 1.165) is 18.4 Å². The van der Waals surface area contributed by atoms with Crippen molar-refractivity contribution in [3.8, 4) is 0 Å². The third-order valence-electron chi connectivity index (χ3n) is 4.20. The Morgan fingerprint density at radius 2 is 2.11 bits per heavy atom. The van der Waals surface area contributed by atoms with Crippen LogP contribution in [0.3, 0.4) is 0 Å². The van der Waals surface area contributed by atoms with E-state index in [-0.39, 0.29) is 0 Å². The molecule has 0 aromatic rings. The fraction of sp³-hybridized carbons (Fsp3) is 0.800. The molecule has 3 unspecified atom stereocenters.